The van der Waals surface area contributed by atoms with Gasteiger partial charge in [-0.25, -0.2) is 4.98 Å². The fourth-order valence-electron chi connectivity index (χ4n) is 1.53. The quantitative estimate of drug-likeness (QED) is 0.907. The second kappa shape index (κ2) is 4.80. The first-order chi connectivity index (χ1) is 7.70. The molecule has 0 aliphatic heterocycles. The van der Waals surface area contributed by atoms with E-state index in [4.69, 9.17) is 0 Å². The van der Waals surface area contributed by atoms with Gasteiger partial charge in [0.05, 0.1) is 0 Å². The number of halogens is 1. The summed E-state index contributed by atoms with van der Waals surface area (Å²) in [6.07, 6.45) is 1.86. The highest BCUT2D eigenvalue weighted by atomic mass is 79.9. The molecule has 16 heavy (non-hydrogen) atoms. The number of rotatable bonds is 3. The fraction of sp³-hybridized carbons (Fsp3) is 0.250. The predicted octanol–water partition coefficient (Wildman–Crippen LogP) is 2.87. The second-order valence-corrected chi connectivity index (χ2v) is 4.61. The Balaban J connectivity index is 2.31. The van der Waals surface area contributed by atoms with E-state index >= 15 is 0 Å². The van der Waals surface area contributed by atoms with Crippen LogP contribution < -0.4 is 5.32 Å². The van der Waals surface area contributed by atoms with Gasteiger partial charge in [-0.15, -0.1) is 0 Å². The molecule has 0 fully saturated rings. The molecule has 2 rings (SSSR count). The summed E-state index contributed by atoms with van der Waals surface area (Å²) in [5.74, 6) is 0.908. The van der Waals surface area contributed by atoms with Crippen molar-refractivity contribution in [1.29, 1.82) is 0 Å². The van der Waals surface area contributed by atoms with E-state index in [0.717, 1.165) is 28.1 Å². The van der Waals surface area contributed by atoms with Crippen LogP contribution in [0.3, 0.4) is 0 Å². The van der Waals surface area contributed by atoms with Crippen molar-refractivity contribution in [1.82, 2.24) is 15.3 Å². The maximum absolute atomic E-state index is 4.36. The number of imidazole rings is 1. The smallest absolute Gasteiger partial charge is 0.137 e. The largest absolute Gasteiger partial charge is 0.341 e. The van der Waals surface area contributed by atoms with Crippen molar-refractivity contribution in [3.63, 3.8) is 0 Å². The zero-order chi connectivity index (χ0) is 11.5. The summed E-state index contributed by atoms with van der Waals surface area (Å²) in [6.45, 7) is 2.88. The molecule has 4 heteroatoms. The number of aromatic nitrogens is 2. The molecule has 1 heterocycles. The highest BCUT2D eigenvalue weighted by Crippen LogP contribution is 2.23. The Morgan fingerprint density at radius 3 is 2.94 bits per heavy atom. The predicted molar refractivity (Wildman–Crippen MR) is 69.2 cm³/mol. The molecule has 2 aromatic rings. The number of hydrogen-bond donors (Lipinski definition) is 2. The maximum Gasteiger partial charge on any atom is 0.137 e. The van der Waals surface area contributed by atoms with Crippen molar-refractivity contribution in [3.05, 3.63) is 40.1 Å². The SMILES string of the molecule is CNCc1cnc(-c2ccc(C)c(Br)c2)[nH]1. The Bertz CT molecular complexity index is 491. The molecule has 84 valence electrons. The third-order valence-corrected chi connectivity index (χ3v) is 3.30. The third-order valence-electron chi connectivity index (χ3n) is 2.44. The topological polar surface area (TPSA) is 40.7 Å². The first kappa shape index (κ1) is 11.4. The molecule has 1 aromatic carbocycles. The zero-order valence-electron chi connectivity index (χ0n) is 9.34. The number of benzene rings is 1. The molecule has 0 amide bonds. The molecule has 2 N–H and O–H groups in total. The van der Waals surface area contributed by atoms with Crippen molar-refractivity contribution in [2.45, 2.75) is 13.5 Å². The molecule has 3 nitrogen and oxygen atoms in total. The van der Waals surface area contributed by atoms with Crippen LogP contribution >= 0.6 is 15.9 Å². The van der Waals surface area contributed by atoms with Gasteiger partial charge in [0, 0.05) is 28.5 Å². The van der Waals surface area contributed by atoms with Gasteiger partial charge in [0.1, 0.15) is 5.82 Å². The zero-order valence-corrected chi connectivity index (χ0v) is 10.9. The summed E-state index contributed by atoms with van der Waals surface area (Å²) < 4.78 is 1.11. The molecule has 0 spiro atoms. The minimum absolute atomic E-state index is 0.806. The van der Waals surface area contributed by atoms with Gasteiger partial charge < -0.3 is 10.3 Å². The van der Waals surface area contributed by atoms with Crippen molar-refractivity contribution in [2.75, 3.05) is 7.05 Å². The van der Waals surface area contributed by atoms with Crippen molar-refractivity contribution >= 4 is 15.9 Å². The first-order valence-corrected chi connectivity index (χ1v) is 5.95. The summed E-state index contributed by atoms with van der Waals surface area (Å²) in [5.41, 5.74) is 3.42. The van der Waals surface area contributed by atoms with Gasteiger partial charge >= 0.3 is 0 Å². The van der Waals surface area contributed by atoms with Gasteiger partial charge in [-0.2, -0.15) is 0 Å². The van der Waals surface area contributed by atoms with Gasteiger partial charge in [-0.05, 0) is 25.6 Å². The van der Waals surface area contributed by atoms with E-state index in [0.29, 0.717) is 0 Å². The molecule has 0 atom stereocenters. The van der Waals surface area contributed by atoms with Crippen LogP contribution in [0, 0.1) is 6.92 Å². The minimum atomic E-state index is 0.806. The highest BCUT2D eigenvalue weighted by Gasteiger charge is 2.04. The molecule has 0 unspecified atom stereocenters. The van der Waals surface area contributed by atoms with Crippen LogP contribution in [0.15, 0.2) is 28.9 Å². The lowest BCUT2D eigenvalue weighted by Gasteiger charge is -2.01. The lowest BCUT2D eigenvalue weighted by molar-refractivity contribution is 0.797. The molecule has 0 aliphatic rings. The average molecular weight is 280 g/mol. The molecular formula is C12H14BrN3. The number of nitrogens with zero attached hydrogens (tertiary/aromatic N) is 1. The lowest BCUT2D eigenvalue weighted by Crippen LogP contribution is -2.04. The lowest BCUT2D eigenvalue weighted by atomic mass is 10.1. The normalized spacial score (nSPS) is 10.7. The summed E-state index contributed by atoms with van der Waals surface area (Å²) >= 11 is 3.53. The Morgan fingerprint density at radius 2 is 2.25 bits per heavy atom. The summed E-state index contributed by atoms with van der Waals surface area (Å²) in [5, 5.41) is 3.09. The van der Waals surface area contributed by atoms with Gasteiger partial charge in [0.15, 0.2) is 0 Å². The van der Waals surface area contributed by atoms with Crippen LogP contribution in [-0.4, -0.2) is 17.0 Å². The summed E-state index contributed by atoms with van der Waals surface area (Å²) in [4.78, 5) is 7.64. The van der Waals surface area contributed by atoms with Crippen LogP contribution in [0.4, 0.5) is 0 Å². The van der Waals surface area contributed by atoms with E-state index < -0.39 is 0 Å². The molecule has 0 bridgehead atoms. The Kier molecular flexibility index (Phi) is 3.41. The molecular weight excluding hydrogens is 266 g/mol. The van der Waals surface area contributed by atoms with E-state index in [-0.39, 0.29) is 0 Å². The van der Waals surface area contributed by atoms with Crippen LogP contribution in [0.1, 0.15) is 11.3 Å². The number of hydrogen-bond acceptors (Lipinski definition) is 2. The molecule has 0 aliphatic carbocycles. The van der Waals surface area contributed by atoms with Crippen molar-refractivity contribution in [3.8, 4) is 11.4 Å². The van der Waals surface area contributed by atoms with Gasteiger partial charge in [0.25, 0.3) is 0 Å². The molecule has 1 aromatic heterocycles. The third kappa shape index (κ3) is 2.33. The minimum Gasteiger partial charge on any atom is -0.341 e. The van der Waals surface area contributed by atoms with Crippen molar-refractivity contribution < 1.29 is 0 Å². The van der Waals surface area contributed by atoms with E-state index in [1.807, 2.05) is 13.2 Å². The average Bonchev–Trinajstić information content (AvgIpc) is 2.71. The number of aryl methyl sites for hydroxylation is 1. The van der Waals surface area contributed by atoms with Gasteiger partial charge in [0.2, 0.25) is 0 Å². The van der Waals surface area contributed by atoms with Crippen LogP contribution in [0.25, 0.3) is 11.4 Å². The van der Waals surface area contributed by atoms with Crippen LogP contribution in [-0.2, 0) is 6.54 Å². The summed E-state index contributed by atoms with van der Waals surface area (Å²) in [6, 6.07) is 6.24. The number of nitrogens with one attached hydrogen (secondary N) is 2. The molecule has 0 saturated carbocycles. The highest BCUT2D eigenvalue weighted by molar-refractivity contribution is 9.10. The Morgan fingerprint density at radius 1 is 1.44 bits per heavy atom. The van der Waals surface area contributed by atoms with E-state index in [9.17, 15) is 0 Å². The van der Waals surface area contributed by atoms with Crippen LogP contribution in [0.2, 0.25) is 0 Å². The number of aromatic amines is 1. The van der Waals surface area contributed by atoms with E-state index in [2.05, 4.69) is 56.3 Å². The van der Waals surface area contributed by atoms with Crippen molar-refractivity contribution in [2.24, 2.45) is 0 Å². The second-order valence-electron chi connectivity index (χ2n) is 3.75. The maximum atomic E-state index is 4.36. The van der Waals surface area contributed by atoms with E-state index in [1.165, 1.54) is 5.56 Å². The molecule has 0 saturated heterocycles. The van der Waals surface area contributed by atoms with E-state index in [1.54, 1.807) is 0 Å². The Labute approximate surface area is 103 Å². The van der Waals surface area contributed by atoms with Gasteiger partial charge in [-0.1, -0.05) is 28.1 Å². The summed E-state index contributed by atoms with van der Waals surface area (Å²) in [7, 11) is 1.92. The first-order valence-electron chi connectivity index (χ1n) is 5.15. The Hall–Kier alpha value is -1.13. The standard InChI is InChI=1S/C12H14BrN3/c1-8-3-4-9(5-11(8)13)12-15-7-10(16-12)6-14-2/h3-5,7,14H,6H2,1-2H3,(H,15,16). The number of H-pyrrole nitrogens is 1. The van der Waals surface area contributed by atoms with Crippen LogP contribution in [0.5, 0.6) is 0 Å². The van der Waals surface area contributed by atoms with Gasteiger partial charge in [-0.3, -0.25) is 0 Å². The fourth-order valence-corrected chi connectivity index (χ4v) is 1.91. The molecule has 0 radical (unpaired) electrons. The monoisotopic (exact) mass is 279 g/mol.